The summed E-state index contributed by atoms with van der Waals surface area (Å²) < 4.78 is 23.1. The van der Waals surface area contributed by atoms with Crippen LogP contribution in [0.1, 0.15) is 98.8 Å². The number of nitrogens with one attached hydrogen (secondary N) is 4. The Morgan fingerprint density at radius 1 is 1.00 bits per heavy atom. The molecule has 2 aromatic rings. The number of methoxy groups -OCH3 is 1. The molecule has 6 rings (SSSR count). The largest absolute Gasteiger partial charge is 0.497 e. The first-order valence-corrected chi connectivity index (χ1v) is 19.9. The zero-order valence-electron chi connectivity index (χ0n) is 33.0. The van der Waals surface area contributed by atoms with Crippen molar-refractivity contribution in [3.8, 4) is 18.6 Å². The van der Waals surface area contributed by atoms with Crippen LogP contribution in [0.5, 0.6) is 5.75 Å². The first kappa shape index (κ1) is 49.4. The number of benzene rings is 1. The molecule has 0 spiro atoms. The molecule has 54 heavy (non-hydrogen) atoms. The van der Waals surface area contributed by atoms with Gasteiger partial charge in [0.1, 0.15) is 35.4 Å². The van der Waals surface area contributed by atoms with Crippen LogP contribution in [0, 0.1) is 18.8 Å². The van der Waals surface area contributed by atoms with Crippen LogP contribution in [-0.2, 0) is 30.1 Å². The van der Waals surface area contributed by atoms with E-state index in [0.717, 1.165) is 74.8 Å². The van der Waals surface area contributed by atoms with Crippen molar-refractivity contribution in [1.29, 1.82) is 0 Å². The first-order valence-electron chi connectivity index (χ1n) is 18.7. The van der Waals surface area contributed by atoms with Crippen molar-refractivity contribution < 1.29 is 32.9 Å². The number of likely N-dealkylation sites (tertiary alicyclic amines) is 1. The van der Waals surface area contributed by atoms with Gasteiger partial charge in [0.2, 0.25) is 18.2 Å². The molecule has 4 aliphatic rings. The Bertz CT molecular complexity index is 1500. The Morgan fingerprint density at radius 2 is 1.61 bits per heavy atom. The molecule has 2 atom stereocenters. The molecule has 4 N–H and O–H groups in total. The molecule has 14 heteroatoms. The SMILES string of the molecule is C#C.C=C.CC.CC(C)C.COc1ccc2c(=O)[nH]ccc2c1.O=C(NCC(=O)N1CCC[C@H]1C(=O)NC1CC1)OC1CCCC1.O=CNS(=O)C1CC1. The van der Waals surface area contributed by atoms with Gasteiger partial charge in [0.05, 0.1) is 12.4 Å². The Morgan fingerprint density at radius 3 is 2.15 bits per heavy atom. The second-order valence-corrected chi connectivity index (χ2v) is 14.4. The summed E-state index contributed by atoms with van der Waals surface area (Å²) in [6.07, 6.45) is 19.1. The normalized spacial score (nSPS) is 17.1. The third-order valence-corrected chi connectivity index (χ3v) is 9.14. The fourth-order valence-corrected chi connectivity index (χ4v) is 5.89. The summed E-state index contributed by atoms with van der Waals surface area (Å²) >= 11 is 0. The summed E-state index contributed by atoms with van der Waals surface area (Å²) in [5.74, 6) is 1.31. The van der Waals surface area contributed by atoms with E-state index in [-0.39, 0.29) is 35.3 Å². The summed E-state index contributed by atoms with van der Waals surface area (Å²) in [7, 11) is 0.527. The lowest BCUT2D eigenvalue weighted by atomic mass is 10.2. The lowest BCUT2D eigenvalue weighted by molar-refractivity contribution is -0.137. The minimum absolute atomic E-state index is 0.0195. The number of carbonyl (C=O) groups is 4. The van der Waals surface area contributed by atoms with Gasteiger partial charge in [-0.25, -0.2) is 9.00 Å². The van der Waals surface area contributed by atoms with E-state index in [1.54, 1.807) is 30.3 Å². The maximum Gasteiger partial charge on any atom is 0.407 e. The van der Waals surface area contributed by atoms with Gasteiger partial charge in [0.15, 0.2) is 0 Å². The summed E-state index contributed by atoms with van der Waals surface area (Å²) in [5, 5.41) is 7.29. The second kappa shape index (κ2) is 28.8. The van der Waals surface area contributed by atoms with Crippen molar-refractivity contribution in [2.75, 3.05) is 20.2 Å². The Hall–Kier alpha value is -4.64. The van der Waals surface area contributed by atoms with Gasteiger partial charge in [0, 0.05) is 24.2 Å². The lowest BCUT2D eigenvalue weighted by Gasteiger charge is -2.24. The predicted octanol–water partition coefficient (Wildman–Crippen LogP) is 5.76. The number of terminal acetylenes is 1. The number of H-pyrrole nitrogens is 1. The average molecular weight is 774 g/mol. The van der Waals surface area contributed by atoms with Gasteiger partial charge >= 0.3 is 6.09 Å². The lowest BCUT2D eigenvalue weighted by Crippen LogP contribution is -2.49. The number of rotatable bonds is 9. The molecule has 0 bridgehead atoms. The number of aromatic nitrogens is 1. The molecule has 4 fully saturated rings. The minimum atomic E-state index is -1.08. The Balaban J connectivity index is 0.000000763. The van der Waals surface area contributed by atoms with E-state index >= 15 is 0 Å². The average Bonchev–Trinajstić information content (AvgIpc) is 4.10. The number of ether oxygens (including phenoxy) is 2. The third-order valence-electron chi connectivity index (χ3n) is 7.73. The van der Waals surface area contributed by atoms with Crippen LogP contribution in [-0.4, -0.2) is 82.0 Å². The smallest absolute Gasteiger partial charge is 0.407 e. The highest BCUT2D eigenvalue weighted by molar-refractivity contribution is 7.84. The molecule has 0 radical (unpaired) electrons. The van der Waals surface area contributed by atoms with Crippen LogP contribution in [0.15, 0.2) is 48.4 Å². The van der Waals surface area contributed by atoms with Crippen molar-refractivity contribution in [3.05, 3.63) is 54.0 Å². The quantitative estimate of drug-likeness (QED) is 0.141. The summed E-state index contributed by atoms with van der Waals surface area (Å²) in [4.78, 5) is 61.3. The number of carbonyl (C=O) groups excluding carboxylic acids is 4. The number of hydrogen-bond acceptors (Lipinski definition) is 8. The molecule has 1 saturated heterocycles. The number of fused-ring (bicyclic) bond motifs is 1. The number of aromatic amines is 1. The van der Waals surface area contributed by atoms with E-state index in [1.807, 2.05) is 26.0 Å². The van der Waals surface area contributed by atoms with Gasteiger partial charge in [-0.15, -0.1) is 26.0 Å². The molecule has 2 heterocycles. The Kier molecular flexibility index (Phi) is 26.3. The molecule has 1 aliphatic heterocycles. The summed E-state index contributed by atoms with van der Waals surface area (Å²) in [6.45, 7) is 17.0. The van der Waals surface area contributed by atoms with Crippen molar-refractivity contribution in [2.45, 2.75) is 122 Å². The summed E-state index contributed by atoms with van der Waals surface area (Å²) in [5.41, 5.74) is -0.0693. The Labute approximate surface area is 324 Å². The molecule has 4 amide bonds. The van der Waals surface area contributed by atoms with Gasteiger partial charge in [-0.3, -0.25) is 23.9 Å². The van der Waals surface area contributed by atoms with Crippen LogP contribution in [0.3, 0.4) is 0 Å². The van der Waals surface area contributed by atoms with Crippen molar-refractivity contribution in [3.63, 3.8) is 0 Å². The van der Waals surface area contributed by atoms with E-state index < -0.39 is 23.1 Å². The standard InChI is InChI=1S/C16H25N3O4.C10H9NO2.C4H7NO2S.C4H10.C2H6.C2H4.C2H2/c20-14(10-17-16(22)23-12-4-1-2-5-12)19-9-3-6-13(19)15(21)18-11-7-8-11;1-13-8-2-3-9-7(6-8)4-5-11-10(9)12;6-3-5-8(7)4-1-2-4;1-4(2)3;3*1-2/h11-13H,1-10H2,(H,17,22)(H,18,21);2-6H,1H3,(H,11,12);3-4H,1-2H2,(H,5,6);4H,1-3H3;1-2H3;1-2H2;1-2H/t13-;;;;;;/m0....../s1. The van der Waals surface area contributed by atoms with Crippen LogP contribution in [0.25, 0.3) is 10.8 Å². The van der Waals surface area contributed by atoms with E-state index in [2.05, 4.69) is 67.1 Å². The van der Waals surface area contributed by atoms with E-state index in [9.17, 15) is 28.2 Å². The van der Waals surface area contributed by atoms with Crippen LogP contribution >= 0.6 is 0 Å². The second-order valence-electron chi connectivity index (χ2n) is 12.9. The highest BCUT2D eigenvalue weighted by Crippen LogP contribution is 2.25. The molecular formula is C40H63N5O8S. The monoisotopic (exact) mass is 773 g/mol. The fraction of sp³-hybridized carbons (Fsp3) is 0.575. The van der Waals surface area contributed by atoms with Crippen molar-refractivity contribution >= 4 is 46.1 Å². The van der Waals surface area contributed by atoms with E-state index in [0.29, 0.717) is 30.8 Å². The molecule has 13 nitrogen and oxygen atoms in total. The molecule has 3 aliphatic carbocycles. The van der Waals surface area contributed by atoms with Gasteiger partial charge < -0.3 is 30.0 Å². The third kappa shape index (κ3) is 20.0. The van der Waals surface area contributed by atoms with Gasteiger partial charge in [-0.05, 0) is 99.8 Å². The topological polar surface area (TPSA) is 176 Å². The minimum Gasteiger partial charge on any atom is -0.497 e. The maximum absolute atomic E-state index is 12.3. The number of alkyl carbamates (subject to hydrolysis) is 1. The highest BCUT2D eigenvalue weighted by Gasteiger charge is 2.36. The fourth-order valence-electron chi connectivity index (χ4n) is 5.03. The highest BCUT2D eigenvalue weighted by atomic mass is 32.2. The molecule has 3 saturated carbocycles. The van der Waals surface area contributed by atoms with Crippen LogP contribution in [0.2, 0.25) is 0 Å². The van der Waals surface area contributed by atoms with E-state index in [1.165, 1.54) is 0 Å². The maximum atomic E-state index is 12.3. The van der Waals surface area contributed by atoms with Gasteiger partial charge in [-0.2, -0.15) is 0 Å². The number of hydrogen-bond donors (Lipinski definition) is 4. The summed E-state index contributed by atoms with van der Waals surface area (Å²) in [6, 6.07) is 7.12. The zero-order valence-corrected chi connectivity index (χ0v) is 33.8. The zero-order chi connectivity index (χ0) is 41.1. The molecule has 302 valence electrons. The number of nitrogens with zero attached hydrogens (tertiary/aromatic N) is 1. The molecule has 1 unspecified atom stereocenters. The van der Waals surface area contributed by atoms with Crippen molar-refractivity contribution in [1.82, 2.24) is 25.2 Å². The van der Waals surface area contributed by atoms with Gasteiger partial charge in [-0.1, -0.05) is 34.6 Å². The predicted molar refractivity (Wildman–Crippen MR) is 217 cm³/mol. The van der Waals surface area contributed by atoms with E-state index in [4.69, 9.17) is 9.47 Å². The molecule has 1 aromatic carbocycles. The first-order chi connectivity index (χ1) is 26.0. The van der Waals surface area contributed by atoms with Crippen molar-refractivity contribution in [2.24, 2.45) is 5.92 Å². The van der Waals surface area contributed by atoms with Gasteiger partial charge in [0.25, 0.3) is 5.56 Å². The van der Waals surface area contributed by atoms with Crippen LogP contribution in [0.4, 0.5) is 4.79 Å². The van der Waals surface area contributed by atoms with Crippen LogP contribution < -0.4 is 25.7 Å². The number of pyridine rings is 1. The number of amides is 4. The molecule has 1 aromatic heterocycles. The molecular weight excluding hydrogens is 711 g/mol.